The smallest absolute Gasteiger partial charge is 0.0870 e. The van der Waals surface area contributed by atoms with E-state index in [4.69, 9.17) is 4.74 Å². The van der Waals surface area contributed by atoms with Crippen molar-refractivity contribution in [3.63, 3.8) is 0 Å². The van der Waals surface area contributed by atoms with Crippen molar-refractivity contribution in [2.24, 2.45) is 0 Å². The summed E-state index contributed by atoms with van der Waals surface area (Å²) in [5, 5.41) is 0. The van der Waals surface area contributed by atoms with Crippen LogP contribution in [0.5, 0.6) is 0 Å². The zero-order valence-corrected chi connectivity index (χ0v) is 8.60. The highest BCUT2D eigenvalue weighted by atomic mass is 28.3. The summed E-state index contributed by atoms with van der Waals surface area (Å²) in [5.41, 5.74) is 2.13. The zero-order valence-electron chi connectivity index (χ0n) is 7.60. The first-order valence-corrected chi connectivity index (χ1v) is 7.27. The molecule has 64 valence electrons. The molecule has 0 aliphatic heterocycles. The summed E-state index contributed by atoms with van der Waals surface area (Å²) < 4.78 is 5.03. The first-order chi connectivity index (χ1) is 5.12. The SMILES string of the molecule is C=COCCC[Si](C)(C)C=C. The predicted molar refractivity (Wildman–Crippen MR) is 53.3 cm³/mol. The summed E-state index contributed by atoms with van der Waals surface area (Å²) in [5.74, 6) is 0. The van der Waals surface area contributed by atoms with E-state index in [0.29, 0.717) is 0 Å². The van der Waals surface area contributed by atoms with Gasteiger partial charge in [-0.1, -0.05) is 25.7 Å². The van der Waals surface area contributed by atoms with Crippen LogP contribution in [0, 0.1) is 0 Å². The molecule has 0 aliphatic rings. The second-order valence-electron chi connectivity index (χ2n) is 3.33. The lowest BCUT2D eigenvalue weighted by Crippen LogP contribution is -2.21. The maximum Gasteiger partial charge on any atom is 0.0870 e. The van der Waals surface area contributed by atoms with Gasteiger partial charge in [0.2, 0.25) is 0 Å². The fourth-order valence-corrected chi connectivity index (χ4v) is 2.06. The third-order valence-corrected chi connectivity index (χ3v) is 4.50. The van der Waals surface area contributed by atoms with E-state index in [9.17, 15) is 0 Å². The molecule has 1 nitrogen and oxygen atoms in total. The summed E-state index contributed by atoms with van der Waals surface area (Å²) in [6.45, 7) is 12.7. The van der Waals surface area contributed by atoms with E-state index in [2.05, 4.69) is 32.0 Å². The Morgan fingerprint density at radius 1 is 1.36 bits per heavy atom. The normalized spacial score (nSPS) is 10.7. The van der Waals surface area contributed by atoms with Crippen molar-refractivity contribution in [2.75, 3.05) is 6.61 Å². The average Bonchev–Trinajstić information content (AvgIpc) is 1.99. The minimum absolute atomic E-state index is 0.799. The van der Waals surface area contributed by atoms with Crippen LogP contribution in [-0.2, 0) is 4.74 Å². The third-order valence-electron chi connectivity index (χ3n) is 1.75. The monoisotopic (exact) mass is 170 g/mol. The molecule has 0 spiro atoms. The summed E-state index contributed by atoms with van der Waals surface area (Å²) in [4.78, 5) is 0. The molecule has 0 saturated heterocycles. The topological polar surface area (TPSA) is 9.23 Å². The second kappa shape index (κ2) is 5.19. The highest BCUT2D eigenvalue weighted by Gasteiger charge is 2.14. The molecule has 0 heterocycles. The van der Waals surface area contributed by atoms with Gasteiger partial charge in [0, 0.05) is 0 Å². The van der Waals surface area contributed by atoms with Crippen molar-refractivity contribution < 1.29 is 4.74 Å². The molecular formula is C9H18OSi. The quantitative estimate of drug-likeness (QED) is 0.338. The molecule has 0 saturated carbocycles. The van der Waals surface area contributed by atoms with Crippen LogP contribution in [0.3, 0.4) is 0 Å². The van der Waals surface area contributed by atoms with Crippen molar-refractivity contribution >= 4 is 8.07 Å². The Bertz CT molecular complexity index is 130. The maximum atomic E-state index is 5.03. The molecule has 0 aromatic heterocycles. The van der Waals surface area contributed by atoms with Crippen LogP contribution in [0.4, 0.5) is 0 Å². The van der Waals surface area contributed by atoms with E-state index in [-0.39, 0.29) is 0 Å². The molecule has 0 aliphatic carbocycles. The van der Waals surface area contributed by atoms with Gasteiger partial charge in [0.1, 0.15) is 0 Å². The minimum atomic E-state index is -1.08. The van der Waals surface area contributed by atoms with Gasteiger partial charge in [-0.25, -0.2) is 0 Å². The Hall–Kier alpha value is -0.503. The first kappa shape index (κ1) is 10.5. The molecule has 0 bridgehead atoms. The molecular weight excluding hydrogens is 152 g/mol. The number of rotatable bonds is 6. The van der Waals surface area contributed by atoms with E-state index < -0.39 is 8.07 Å². The zero-order chi connectivity index (χ0) is 8.74. The van der Waals surface area contributed by atoms with Gasteiger partial charge in [0.05, 0.1) is 20.9 Å². The van der Waals surface area contributed by atoms with Crippen molar-refractivity contribution in [3.05, 3.63) is 25.1 Å². The summed E-state index contributed by atoms with van der Waals surface area (Å²) >= 11 is 0. The van der Waals surface area contributed by atoms with Crippen LogP contribution >= 0.6 is 0 Å². The lowest BCUT2D eigenvalue weighted by molar-refractivity contribution is 0.251. The van der Waals surface area contributed by atoms with Crippen LogP contribution in [0.1, 0.15) is 6.42 Å². The molecule has 0 unspecified atom stereocenters. The molecule has 0 rings (SSSR count). The Balaban J connectivity index is 3.37. The molecule has 0 amide bonds. The molecule has 0 radical (unpaired) electrons. The average molecular weight is 170 g/mol. The van der Waals surface area contributed by atoms with Gasteiger partial charge in [-0.3, -0.25) is 0 Å². The number of hydrogen-bond donors (Lipinski definition) is 0. The first-order valence-electron chi connectivity index (χ1n) is 3.98. The Labute approximate surface area is 70.8 Å². The van der Waals surface area contributed by atoms with E-state index in [0.717, 1.165) is 13.0 Å². The van der Waals surface area contributed by atoms with Crippen LogP contribution in [0.2, 0.25) is 19.1 Å². The van der Waals surface area contributed by atoms with Crippen molar-refractivity contribution in [1.29, 1.82) is 0 Å². The lowest BCUT2D eigenvalue weighted by atomic mass is 10.5. The van der Waals surface area contributed by atoms with Crippen molar-refractivity contribution in [2.45, 2.75) is 25.6 Å². The van der Waals surface area contributed by atoms with E-state index in [1.54, 1.807) is 0 Å². The van der Waals surface area contributed by atoms with Gasteiger partial charge in [0.15, 0.2) is 0 Å². The van der Waals surface area contributed by atoms with Crippen LogP contribution in [0.25, 0.3) is 0 Å². The number of hydrogen-bond acceptors (Lipinski definition) is 1. The highest BCUT2D eigenvalue weighted by Crippen LogP contribution is 2.12. The fourth-order valence-electron chi connectivity index (χ4n) is 0.797. The van der Waals surface area contributed by atoms with Gasteiger partial charge in [-0.05, 0) is 6.42 Å². The van der Waals surface area contributed by atoms with Gasteiger partial charge in [-0.15, -0.1) is 12.3 Å². The Kier molecular flexibility index (Phi) is 4.95. The second-order valence-corrected chi connectivity index (χ2v) is 8.22. The van der Waals surface area contributed by atoms with Crippen molar-refractivity contribution in [1.82, 2.24) is 0 Å². The lowest BCUT2D eigenvalue weighted by Gasteiger charge is -2.15. The van der Waals surface area contributed by atoms with Gasteiger partial charge < -0.3 is 4.74 Å². The number of ether oxygens (including phenoxy) is 1. The summed E-state index contributed by atoms with van der Waals surface area (Å²) in [6.07, 6.45) is 2.62. The largest absolute Gasteiger partial charge is 0.502 e. The fraction of sp³-hybridized carbons (Fsp3) is 0.556. The molecule has 2 heteroatoms. The van der Waals surface area contributed by atoms with Crippen LogP contribution < -0.4 is 0 Å². The third kappa shape index (κ3) is 5.92. The standard InChI is InChI=1S/C9H18OSi/c1-5-10-8-7-9-11(3,4)6-2/h5-6H,1-2,7-9H2,3-4H3. The molecule has 11 heavy (non-hydrogen) atoms. The molecule has 0 aromatic rings. The Morgan fingerprint density at radius 2 is 2.00 bits per heavy atom. The van der Waals surface area contributed by atoms with Crippen LogP contribution in [-0.4, -0.2) is 14.7 Å². The predicted octanol–water partition coefficient (Wildman–Crippen LogP) is 2.97. The van der Waals surface area contributed by atoms with E-state index >= 15 is 0 Å². The van der Waals surface area contributed by atoms with Gasteiger partial charge >= 0.3 is 0 Å². The van der Waals surface area contributed by atoms with Crippen LogP contribution in [0.15, 0.2) is 25.1 Å². The van der Waals surface area contributed by atoms with E-state index in [1.165, 1.54) is 12.3 Å². The summed E-state index contributed by atoms with van der Waals surface area (Å²) in [7, 11) is -1.08. The van der Waals surface area contributed by atoms with Crippen molar-refractivity contribution in [3.8, 4) is 0 Å². The molecule has 0 aromatic carbocycles. The Morgan fingerprint density at radius 3 is 2.45 bits per heavy atom. The molecule has 0 atom stereocenters. The summed E-state index contributed by atoms with van der Waals surface area (Å²) in [6, 6.07) is 1.25. The van der Waals surface area contributed by atoms with Gasteiger partial charge in [0.25, 0.3) is 0 Å². The molecule has 0 fully saturated rings. The molecule has 0 N–H and O–H groups in total. The van der Waals surface area contributed by atoms with Gasteiger partial charge in [-0.2, -0.15) is 0 Å². The minimum Gasteiger partial charge on any atom is -0.502 e. The maximum absolute atomic E-state index is 5.03. The van der Waals surface area contributed by atoms with E-state index in [1.807, 2.05) is 0 Å². The highest BCUT2D eigenvalue weighted by molar-refractivity contribution is 6.82.